The summed E-state index contributed by atoms with van der Waals surface area (Å²) in [4.78, 5) is 12.4. The highest BCUT2D eigenvalue weighted by Gasteiger charge is 2.12. The minimum absolute atomic E-state index is 0.299. The second kappa shape index (κ2) is 6.54. The Kier molecular flexibility index (Phi) is 4.29. The molecule has 1 aromatic heterocycles. The fraction of sp³-hybridized carbons (Fsp3) is 0.111. The molecule has 0 spiro atoms. The van der Waals surface area contributed by atoms with Crippen LogP contribution in [0.25, 0.3) is 5.69 Å². The van der Waals surface area contributed by atoms with Crippen molar-refractivity contribution in [2.45, 2.75) is 6.92 Å². The van der Waals surface area contributed by atoms with Crippen LogP contribution in [0.1, 0.15) is 15.9 Å². The van der Waals surface area contributed by atoms with E-state index >= 15 is 0 Å². The molecule has 6 heteroatoms. The Hall–Kier alpha value is -3.15. The van der Waals surface area contributed by atoms with E-state index in [1.54, 1.807) is 31.5 Å². The number of carbonyl (C=O) groups is 1. The maximum absolute atomic E-state index is 13.0. The lowest BCUT2D eigenvalue weighted by atomic mass is 10.2. The molecule has 5 nitrogen and oxygen atoms in total. The average molecular weight is 325 g/mol. The normalized spacial score (nSPS) is 10.5. The third-order valence-electron chi connectivity index (χ3n) is 3.54. The molecule has 3 aromatic rings. The second-order valence-corrected chi connectivity index (χ2v) is 5.31. The van der Waals surface area contributed by atoms with Crippen molar-refractivity contribution in [1.29, 1.82) is 0 Å². The number of nitrogens with zero attached hydrogens (tertiary/aromatic N) is 2. The van der Waals surface area contributed by atoms with Gasteiger partial charge in [-0.2, -0.15) is 5.10 Å². The van der Waals surface area contributed by atoms with Crippen LogP contribution in [0.15, 0.2) is 54.9 Å². The van der Waals surface area contributed by atoms with E-state index in [2.05, 4.69) is 10.4 Å². The Morgan fingerprint density at radius 3 is 2.67 bits per heavy atom. The second-order valence-electron chi connectivity index (χ2n) is 5.31. The third kappa shape index (κ3) is 3.27. The van der Waals surface area contributed by atoms with Gasteiger partial charge in [-0.05, 0) is 48.9 Å². The highest BCUT2D eigenvalue weighted by molar-refractivity contribution is 6.04. The van der Waals surface area contributed by atoms with Gasteiger partial charge in [0, 0.05) is 6.20 Å². The lowest BCUT2D eigenvalue weighted by molar-refractivity contribution is 0.102. The lowest BCUT2D eigenvalue weighted by Crippen LogP contribution is -2.12. The molecule has 122 valence electrons. The molecule has 0 bridgehead atoms. The number of rotatable bonds is 4. The number of benzene rings is 2. The van der Waals surface area contributed by atoms with Crippen LogP contribution in [0, 0.1) is 12.7 Å². The molecule has 0 fully saturated rings. The molecular weight excluding hydrogens is 309 g/mol. The Morgan fingerprint density at radius 2 is 1.96 bits per heavy atom. The van der Waals surface area contributed by atoms with Crippen molar-refractivity contribution >= 4 is 11.6 Å². The van der Waals surface area contributed by atoms with E-state index in [0.29, 0.717) is 22.7 Å². The molecule has 1 N–H and O–H groups in total. The molecule has 1 heterocycles. The van der Waals surface area contributed by atoms with Crippen LogP contribution < -0.4 is 10.1 Å². The number of hydrogen-bond donors (Lipinski definition) is 1. The van der Waals surface area contributed by atoms with E-state index in [1.165, 1.54) is 23.0 Å². The van der Waals surface area contributed by atoms with Crippen molar-refractivity contribution in [2.24, 2.45) is 0 Å². The predicted octanol–water partition coefficient (Wildman–Crippen LogP) is 3.58. The molecule has 24 heavy (non-hydrogen) atoms. The zero-order valence-electron chi connectivity index (χ0n) is 13.3. The van der Waals surface area contributed by atoms with Gasteiger partial charge in [0.2, 0.25) is 0 Å². The maximum atomic E-state index is 13.0. The van der Waals surface area contributed by atoms with Gasteiger partial charge in [-0.15, -0.1) is 0 Å². The van der Waals surface area contributed by atoms with Gasteiger partial charge in [-0.1, -0.05) is 6.07 Å². The summed E-state index contributed by atoms with van der Waals surface area (Å²) in [5.41, 5.74) is 2.66. The molecule has 0 saturated heterocycles. The molecule has 2 aromatic carbocycles. The molecule has 0 unspecified atom stereocenters. The first kappa shape index (κ1) is 15.7. The lowest BCUT2D eigenvalue weighted by Gasteiger charge is -2.10. The number of carbonyl (C=O) groups excluding carboxylic acids is 1. The topological polar surface area (TPSA) is 56.1 Å². The van der Waals surface area contributed by atoms with Gasteiger partial charge in [0.05, 0.1) is 30.2 Å². The van der Waals surface area contributed by atoms with Crippen LogP contribution in [-0.2, 0) is 0 Å². The van der Waals surface area contributed by atoms with Gasteiger partial charge in [0.15, 0.2) is 0 Å². The van der Waals surface area contributed by atoms with E-state index < -0.39 is 0 Å². The molecule has 0 aliphatic carbocycles. The number of amides is 1. The Balaban J connectivity index is 1.81. The molecular formula is C18H16FN3O2. The number of aromatic nitrogens is 2. The van der Waals surface area contributed by atoms with Crippen molar-refractivity contribution in [1.82, 2.24) is 9.78 Å². The van der Waals surface area contributed by atoms with E-state index in [-0.39, 0.29) is 11.7 Å². The van der Waals surface area contributed by atoms with Crippen molar-refractivity contribution in [3.63, 3.8) is 0 Å². The molecule has 1 amide bonds. The summed E-state index contributed by atoms with van der Waals surface area (Å²) in [7, 11) is 1.55. The predicted molar refractivity (Wildman–Crippen MR) is 89.2 cm³/mol. The number of ether oxygens (including phenoxy) is 1. The zero-order chi connectivity index (χ0) is 17.1. The van der Waals surface area contributed by atoms with Crippen molar-refractivity contribution in [3.05, 3.63) is 71.8 Å². The molecule has 0 aliphatic rings. The van der Waals surface area contributed by atoms with E-state index in [1.807, 2.05) is 19.1 Å². The summed E-state index contributed by atoms with van der Waals surface area (Å²) in [5, 5.41) is 6.96. The monoisotopic (exact) mass is 325 g/mol. The van der Waals surface area contributed by atoms with Crippen molar-refractivity contribution in [2.75, 3.05) is 12.4 Å². The average Bonchev–Trinajstić information content (AvgIpc) is 3.06. The van der Waals surface area contributed by atoms with Crippen LogP contribution in [0.4, 0.5) is 10.1 Å². The summed E-state index contributed by atoms with van der Waals surface area (Å²) in [6.07, 6.45) is 3.05. The smallest absolute Gasteiger partial charge is 0.258 e. The maximum Gasteiger partial charge on any atom is 0.258 e. The number of anilines is 1. The Labute approximate surface area is 138 Å². The highest BCUT2D eigenvalue weighted by Crippen LogP contribution is 2.25. The van der Waals surface area contributed by atoms with Gasteiger partial charge in [-0.3, -0.25) is 4.79 Å². The van der Waals surface area contributed by atoms with Crippen LogP contribution in [-0.4, -0.2) is 22.8 Å². The molecule has 0 aliphatic heterocycles. The fourth-order valence-electron chi connectivity index (χ4n) is 2.29. The number of nitrogens with one attached hydrogen (secondary N) is 1. The van der Waals surface area contributed by atoms with E-state index in [4.69, 9.17) is 4.74 Å². The van der Waals surface area contributed by atoms with E-state index in [9.17, 15) is 9.18 Å². The van der Waals surface area contributed by atoms with Crippen LogP contribution in [0.5, 0.6) is 5.75 Å². The first-order valence-corrected chi connectivity index (χ1v) is 7.33. The summed E-state index contributed by atoms with van der Waals surface area (Å²) in [5.74, 6) is -0.0393. The number of hydrogen-bond acceptors (Lipinski definition) is 3. The van der Waals surface area contributed by atoms with Crippen molar-refractivity contribution < 1.29 is 13.9 Å². The van der Waals surface area contributed by atoms with Gasteiger partial charge in [0.1, 0.15) is 11.6 Å². The molecule has 0 atom stereocenters. The Bertz CT molecular complexity index is 872. The highest BCUT2D eigenvalue weighted by atomic mass is 19.1. The van der Waals surface area contributed by atoms with Crippen molar-refractivity contribution in [3.8, 4) is 11.4 Å². The van der Waals surface area contributed by atoms with Gasteiger partial charge in [-0.25, -0.2) is 9.07 Å². The molecule has 3 rings (SSSR count). The van der Waals surface area contributed by atoms with Crippen LogP contribution in [0.3, 0.4) is 0 Å². The third-order valence-corrected chi connectivity index (χ3v) is 3.54. The molecule has 0 radical (unpaired) electrons. The van der Waals surface area contributed by atoms with Crippen LogP contribution >= 0.6 is 0 Å². The standard InChI is InChI=1S/C18H16FN3O2/c1-12-3-8-17(24-2)16(9-12)21-18(23)13-10-20-22(11-13)15-6-4-14(19)5-7-15/h3-11H,1-2H3,(H,21,23). The Morgan fingerprint density at radius 1 is 1.21 bits per heavy atom. The van der Waals surface area contributed by atoms with Gasteiger partial charge >= 0.3 is 0 Å². The van der Waals surface area contributed by atoms with Crippen LogP contribution in [0.2, 0.25) is 0 Å². The quantitative estimate of drug-likeness (QED) is 0.797. The summed E-state index contributed by atoms with van der Waals surface area (Å²) in [6.45, 7) is 1.93. The summed E-state index contributed by atoms with van der Waals surface area (Å²) < 4.78 is 19.7. The SMILES string of the molecule is COc1ccc(C)cc1NC(=O)c1cnn(-c2ccc(F)cc2)c1. The minimum atomic E-state index is -0.324. The summed E-state index contributed by atoms with van der Waals surface area (Å²) >= 11 is 0. The fourth-order valence-corrected chi connectivity index (χ4v) is 2.29. The zero-order valence-corrected chi connectivity index (χ0v) is 13.3. The van der Waals surface area contributed by atoms with E-state index in [0.717, 1.165) is 5.56 Å². The first-order chi connectivity index (χ1) is 11.6. The van der Waals surface area contributed by atoms with Gasteiger partial charge in [0.25, 0.3) is 5.91 Å². The number of aryl methyl sites for hydroxylation is 1. The minimum Gasteiger partial charge on any atom is -0.495 e. The largest absolute Gasteiger partial charge is 0.495 e. The first-order valence-electron chi connectivity index (χ1n) is 7.33. The number of halogens is 1. The summed E-state index contributed by atoms with van der Waals surface area (Å²) in [6, 6.07) is 11.4. The van der Waals surface area contributed by atoms with Gasteiger partial charge < -0.3 is 10.1 Å². The number of methoxy groups -OCH3 is 1. The molecule has 0 saturated carbocycles.